The van der Waals surface area contributed by atoms with E-state index in [9.17, 15) is 97.0 Å². The Balaban J connectivity index is -0.000000428. The molecule has 3 rings (SSSR count). The van der Waals surface area contributed by atoms with Gasteiger partial charge >= 0.3 is 66.7 Å². The van der Waals surface area contributed by atoms with Gasteiger partial charge in [-0.05, 0) is 152 Å². The highest BCUT2D eigenvalue weighted by Crippen LogP contribution is 2.26. The summed E-state index contributed by atoms with van der Waals surface area (Å²) in [6, 6.07) is 14.7. The third-order valence-electron chi connectivity index (χ3n) is 12.6. The molecule has 0 radical (unpaired) electrons. The fourth-order valence-electron chi connectivity index (χ4n) is 6.91. The Bertz CT molecular complexity index is 3640. The first kappa shape index (κ1) is 118. The van der Waals surface area contributed by atoms with E-state index in [1.54, 1.807) is 190 Å². The van der Waals surface area contributed by atoms with E-state index in [2.05, 4.69) is 74.0 Å². The molecule has 0 spiro atoms. The first-order valence-electron chi connectivity index (χ1n) is 35.5. The topological polar surface area (TPSA) is 439 Å². The molecule has 3 aromatic rings. The van der Waals surface area contributed by atoms with Crippen LogP contribution in [-0.2, 0) is 38.1 Å². The molecule has 0 saturated carbocycles. The number of benzene rings is 3. The Kier molecular flexibility index (Phi) is 57.4. The van der Waals surface area contributed by atoms with Crippen LogP contribution in [0.15, 0.2) is 73.0 Å². The van der Waals surface area contributed by atoms with E-state index in [4.69, 9.17) is 36.1 Å². The SMILES string of the molecule is CN(C)C(=O)c1cc(Br)ccc1N.CN(C)C(=O)c1cc(Br)ccc1N=C=O.CN(C)C(=O)c1cc(Br)ccc1NC(=O)NCCN(C)C(=O)OC(C)(C)C.CN(CCN)C(=O)OC(C)(C)C.CN(CCNC(=O)C(F)(F)F)C(=O)OC(C)(C)C.CN(CCNC(=O)C(F)(F)F)C(=O)OC(C)(C)C.CNCCN.CNCCNC(=O)C(F)(F)F. The summed E-state index contributed by atoms with van der Waals surface area (Å²) in [7, 11) is 19.4. The Morgan fingerprint density at radius 2 is 0.697 bits per heavy atom. The van der Waals surface area contributed by atoms with Crippen LogP contribution in [0.2, 0.25) is 0 Å². The van der Waals surface area contributed by atoms with E-state index >= 15 is 0 Å². The van der Waals surface area contributed by atoms with Gasteiger partial charge in [0.05, 0.1) is 28.1 Å². The number of alkyl halides is 9. The van der Waals surface area contributed by atoms with Gasteiger partial charge in [0.1, 0.15) is 22.4 Å². The van der Waals surface area contributed by atoms with Crippen LogP contribution in [0.25, 0.3) is 0 Å². The Morgan fingerprint density at radius 3 is 1.00 bits per heavy atom. The van der Waals surface area contributed by atoms with E-state index in [1.165, 1.54) is 44.7 Å². The molecular formula is C73H118Br3F9N18O16. The van der Waals surface area contributed by atoms with Crippen molar-refractivity contribution in [1.82, 2.24) is 66.2 Å². The summed E-state index contributed by atoms with van der Waals surface area (Å²) >= 11 is 9.86. The number of anilines is 2. The van der Waals surface area contributed by atoms with E-state index in [1.807, 2.05) is 33.9 Å². The summed E-state index contributed by atoms with van der Waals surface area (Å²) in [6.07, 6.45) is -15.3. The Labute approximate surface area is 714 Å². The maximum atomic E-state index is 12.3. The number of hydrogen-bond donors (Lipinski definition) is 10. The maximum absolute atomic E-state index is 12.3. The zero-order valence-electron chi connectivity index (χ0n) is 71.6. The molecule has 0 atom stereocenters. The number of isocyanates is 1. The standard InChI is InChI=1S/C18H27BrN4O4.C10H9BrN2O2.2C10H17F3N2O3.C9H11BrN2O.C8H18N2O2.C5H9F3N2O.C3H10N2/c1-18(2,3)27-17(26)23(6)10-9-20-16(25)21-14-8-7-12(19)11-13(14)15(24)22(4)5;1-13(2)10(15)8-5-7(11)3-4-9(8)12-6-14;2*1-9(2,3)18-8(17)15(4)6-5-14-7(16)10(11,12)13;1-12(2)9(13)7-5-6(10)3-4-8(7)11;1-8(2,3)12-7(11)10(4)6-5-9;1-9-2-3-10-4(11)5(6,7)8;1-5-3-2-4/h7-8,11H,9-10H2,1-6H3,(H2,20,21,25);3-5H,1-2H3;2*5-6H2,1-4H3,(H,14,16);3-5H,11H2,1-2H3;5-6,9H2,1-4H3;9H,2-3H2,1H3,(H,10,11);5H,2-4H2,1H3. The molecule has 0 bridgehead atoms. The zero-order chi connectivity index (χ0) is 94.1. The molecule has 680 valence electrons. The van der Waals surface area contributed by atoms with Gasteiger partial charge < -0.3 is 108 Å². The molecule has 3 aromatic carbocycles. The lowest BCUT2D eigenvalue weighted by atomic mass is 10.1. The molecule has 0 aliphatic heterocycles. The van der Waals surface area contributed by atoms with Gasteiger partial charge in [0, 0.05) is 168 Å². The second-order valence-electron chi connectivity index (χ2n) is 28.9. The number of carbonyl (C=O) groups is 11. The number of aliphatic imine (C=N–C) groups is 1. The number of carbonyl (C=O) groups excluding carboxylic acids is 12. The summed E-state index contributed by atoms with van der Waals surface area (Å²) in [5.41, 5.74) is 16.1. The lowest BCUT2D eigenvalue weighted by Gasteiger charge is -2.24. The van der Waals surface area contributed by atoms with Crippen molar-refractivity contribution in [3.05, 3.63) is 84.7 Å². The number of nitrogen functional groups attached to an aromatic ring is 1. The number of amides is 12. The number of nitrogens with one attached hydrogen (secondary N) is 7. The van der Waals surface area contributed by atoms with E-state index in [0.29, 0.717) is 53.4 Å². The molecule has 12 amide bonds. The smallest absolute Gasteiger partial charge is 0.444 e. The van der Waals surface area contributed by atoms with Crippen molar-refractivity contribution in [3.63, 3.8) is 0 Å². The van der Waals surface area contributed by atoms with Crippen LogP contribution in [0.1, 0.15) is 114 Å². The predicted molar refractivity (Wildman–Crippen MR) is 444 cm³/mol. The van der Waals surface area contributed by atoms with Gasteiger partial charge in [0.25, 0.3) is 17.7 Å². The van der Waals surface area contributed by atoms with Crippen LogP contribution in [0.5, 0.6) is 0 Å². The van der Waals surface area contributed by atoms with Crippen LogP contribution in [0.3, 0.4) is 0 Å². The molecule has 13 N–H and O–H groups in total. The first-order chi connectivity index (χ1) is 54.1. The highest BCUT2D eigenvalue weighted by Gasteiger charge is 2.40. The first-order valence-corrected chi connectivity index (χ1v) is 37.9. The highest BCUT2D eigenvalue weighted by molar-refractivity contribution is 9.11. The molecule has 46 heteroatoms. The number of likely N-dealkylation sites (N-methyl/N-ethyl adjacent to an activating group) is 6. The minimum absolute atomic E-state index is 0.0190. The largest absolute Gasteiger partial charge is 0.471 e. The van der Waals surface area contributed by atoms with Crippen LogP contribution >= 0.6 is 47.8 Å². The molecule has 0 saturated heterocycles. The fourth-order valence-corrected chi connectivity index (χ4v) is 7.99. The number of urea groups is 1. The third kappa shape index (κ3) is 60.7. The predicted octanol–water partition coefficient (Wildman–Crippen LogP) is 9.92. The van der Waals surface area contributed by atoms with Crippen molar-refractivity contribution in [2.24, 2.45) is 16.5 Å². The van der Waals surface area contributed by atoms with Crippen LogP contribution in [0, 0.1) is 0 Å². The molecular weight excluding hydrogens is 1800 g/mol. The van der Waals surface area contributed by atoms with Gasteiger partial charge in [0.2, 0.25) is 6.08 Å². The maximum Gasteiger partial charge on any atom is 0.471 e. The summed E-state index contributed by atoms with van der Waals surface area (Å²) < 4.78 is 128. The average molecular weight is 1910 g/mol. The van der Waals surface area contributed by atoms with Gasteiger partial charge in [-0.3, -0.25) is 28.8 Å². The van der Waals surface area contributed by atoms with E-state index in [-0.39, 0.29) is 69.6 Å². The number of nitrogens with two attached hydrogens (primary N) is 3. The number of rotatable bonds is 21. The molecule has 0 aliphatic carbocycles. The monoisotopic (exact) mass is 1910 g/mol. The fraction of sp³-hybridized carbons (Fsp3) is 0.589. The van der Waals surface area contributed by atoms with Crippen LogP contribution in [0.4, 0.5) is 80.5 Å². The lowest BCUT2D eigenvalue weighted by molar-refractivity contribution is -0.173. The second kappa shape index (κ2) is 57.8. The summed E-state index contributed by atoms with van der Waals surface area (Å²) in [4.78, 5) is 148. The quantitative estimate of drug-likeness (QED) is 0.0118. The molecule has 34 nitrogen and oxygen atoms in total. The second-order valence-corrected chi connectivity index (χ2v) is 31.7. The van der Waals surface area contributed by atoms with Gasteiger partial charge in [-0.15, -0.1) is 0 Å². The number of ether oxygens (including phenoxy) is 4. The molecule has 119 heavy (non-hydrogen) atoms. The number of hydrogen-bond acceptors (Lipinski definition) is 22. The van der Waals surface area contributed by atoms with Gasteiger partial charge in [0.15, 0.2) is 0 Å². The van der Waals surface area contributed by atoms with Crippen molar-refractivity contribution in [1.29, 1.82) is 0 Å². The molecule has 0 aliphatic rings. The van der Waals surface area contributed by atoms with Crippen molar-refractivity contribution < 1.29 is 116 Å². The minimum Gasteiger partial charge on any atom is -0.444 e. The molecule has 0 fully saturated rings. The average Bonchev–Trinajstić information content (AvgIpc) is 0.837. The Hall–Kier alpha value is -9.34. The third-order valence-corrected chi connectivity index (χ3v) is 14.1. The van der Waals surface area contributed by atoms with Crippen molar-refractivity contribution in [3.8, 4) is 0 Å². The normalized spacial score (nSPS) is 10.8. The minimum atomic E-state index is -4.91. The van der Waals surface area contributed by atoms with E-state index < -0.39 is 83.0 Å². The lowest BCUT2D eigenvalue weighted by Crippen LogP contribution is -2.42. The number of nitrogens with zero attached hydrogens (tertiary/aromatic N) is 8. The van der Waals surface area contributed by atoms with Crippen molar-refractivity contribution in [2.75, 3.05) is 174 Å². The van der Waals surface area contributed by atoms with Crippen LogP contribution < -0.4 is 54.4 Å². The van der Waals surface area contributed by atoms with Gasteiger partial charge in [-0.2, -0.15) is 44.5 Å². The molecule has 0 heterocycles. The molecule has 0 unspecified atom stereocenters. The van der Waals surface area contributed by atoms with Crippen molar-refractivity contribution >= 4 is 137 Å². The number of halogens is 12. The van der Waals surface area contributed by atoms with Gasteiger partial charge in [-0.25, -0.2) is 28.8 Å². The van der Waals surface area contributed by atoms with E-state index in [0.717, 1.165) is 36.3 Å². The highest BCUT2D eigenvalue weighted by atomic mass is 79.9. The molecule has 0 aromatic heterocycles. The summed E-state index contributed by atoms with van der Waals surface area (Å²) in [6.45, 7) is 23.6. The van der Waals surface area contributed by atoms with Crippen molar-refractivity contribution in [2.45, 2.75) is 124 Å². The zero-order valence-corrected chi connectivity index (χ0v) is 76.3. The summed E-state index contributed by atoms with van der Waals surface area (Å²) in [5.74, 6) is -6.46. The van der Waals surface area contributed by atoms with Crippen LogP contribution in [-0.4, -0.2) is 310 Å². The van der Waals surface area contributed by atoms with Gasteiger partial charge in [-0.1, -0.05) is 47.8 Å². The summed E-state index contributed by atoms with van der Waals surface area (Å²) in [5, 5.41) is 15.8. The Morgan fingerprint density at radius 1 is 0.403 bits per heavy atom.